The molecule has 0 radical (unpaired) electrons. The summed E-state index contributed by atoms with van der Waals surface area (Å²) in [6.07, 6.45) is 3.89. The van der Waals surface area contributed by atoms with Crippen LogP contribution in [0.1, 0.15) is 26.2 Å². The van der Waals surface area contributed by atoms with Gasteiger partial charge in [0.2, 0.25) is 5.91 Å². The van der Waals surface area contributed by atoms with Crippen LogP contribution in [0.4, 0.5) is 0 Å². The molecule has 2 saturated heterocycles. The second-order valence-corrected chi connectivity index (χ2v) is 3.98. The molecule has 2 bridgehead atoms. The summed E-state index contributed by atoms with van der Waals surface area (Å²) in [5.41, 5.74) is 0. The van der Waals surface area contributed by atoms with Crippen LogP contribution in [0.2, 0.25) is 0 Å². The van der Waals surface area contributed by atoms with Gasteiger partial charge in [0.05, 0.1) is 0 Å². The number of hydrogen-bond acceptors (Lipinski definition) is 2. The highest BCUT2D eigenvalue weighted by molar-refractivity contribution is 5.72. The number of amides is 1. The Labute approximate surface area is 72.9 Å². The van der Waals surface area contributed by atoms with Gasteiger partial charge < -0.3 is 10.6 Å². The molecule has 2 heterocycles. The summed E-state index contributed by atoms with van der Waals surface area (Å²) < 4.78 is 0. The quantitative estimate of drug-likeness (QED) is 0.621. The van der Waals surface area contributed by atoms with Crippen LogP contribution in [0.15, 0.2) is 0 Å². The fourth-order valence-electron chi connectivity index (χ4n) is 2.44. The minimum absolute atomic E-state index is 0.0952. The van der Waals surface area contributed by atoms with Crippen molar-refractivity contribution in [3.05, 3.63) is 0 Å². The highest BCUT2D eigenvalue weighted by Crippen LogP contribution is 2.32. The first-order valence-electron chi connectivity index (χ1n) is 4.76. The van der Waals surface area contributed by atoms with Gasteiger partial charge in [0.1, 0.15) is 0 Å². The van der Waals surface area contributed by atoms with E-state index in [1.165, 1.54) is 19.3 Å². The largest absolute Gasteiger partial charge is 0.356 e. The SMILES string of the molecule is CC(=O)NCC1CC2CCC1N2. The molecule has 0 aromatic heterocycles. The van der Waals surface area contributed by atoms with E-state index in [0.29, 0.717) is 12.0 Å². The standard InChI is InChI=1S/C9H16N2O/c1-6(12)10-5-7-4-8-2-3-9(7)11-8/h7-9,11H,2-5H2,1H3,(H,10,12). The first-order chi connectivity index (χ1) is 5.75. The molecule has 2 N–H and O–H groups in total. The lowest BCUT2D eigenvalue weighted by molar-refractivity contribution is -0.119. The average molecular weight is 168 g/mol. The van der Waals surface area contributed by atoms with Crippen molar-refractivity contribution < 1.29 is 4.79 Å². The Balaban J connectivity index is 1.79. The van der Waals surface area contributed by atoms with Gasteiger partial charge in [-0.15, -0.1) is 0 Å². The molecular formula is C9H16N2O. The predicted octanol–water partition coefficient (Wildman–Crippen LogP) is 0.263. The monoisotopic (exact) mass is 168 g/mol. The van der Waals surface area contributed by atoms with Crippen molar-refractivity contribution in [2.75, 3.05) is 6.54 Å². The topological polar surface area (TPSA) is 41.1 Å². The van der Waals surface area contributed by atoms with Crippen LogP contribution in [0.3, 0.4) is 0 Å². The molecule has 68 valence electrons. The van der Waals surface area contributed by atoms with Gasteiger partial charge in [0, 0.05) is 25.6 Å². The number of fused-ring (bicyclic) bond motifs is 2. The van der Waals surface area contributed by atoms with Gasteiger partial charge in [-0.25, -0.2) is 0 Å². The molecule has 3 nitrogen and oxygen atoms in total. The van der Waals surface area contributed by atoms with Gasteiger partial charge in [0.25, 0.3) is 0 Å². The van der Waals surface area contributed by atoms with E-state index < -0.39 is 0 Å². The molecule has 12 heavy (non-hydrogen) atoms. The Morgan fingerprint density at radius 1 is 1.58 bits per heavy atom. The number of rotatable bonds is 2. The molecule has 0 aromatic rings. The van der Waals surface area contributed by atoms with Crippen LogP contribution < -0.4 is 10.6 Å². The van der Waals surface area contributed by atoms with E-state index in [1.54, 1.807) is 6.92 Å². The molecule has 2 aliphatic heterocycles. The maximum atomic E-state index is 10.7. The van der Waals surface area contributed by atoms with Crippen LogP contribution in [0, 0.1) is 5.92 Å². The maximum absolute atomic E-state index is 10.7. The van der Waals surface area contributed by atoms with Gasteiger partial charge in [-0.1, -0.05) is 0 Å². The summed E-state index contributed by atoms with van der Waals surface area (Å²) in [5.74, 6) is 0.783. The summed E-state index contributed by atoms with van der Waals surface area (Å²) in [6.45, 7) is 2.45. The van der Waals surface area contributed by atoms with Crippen LogP contribution >= 0.6 is 0 Å². The van der Waals surface area contributed by atoms with Crippen molar-refractivity contribution in [3.8, 4) is 0 Å². The third-order valence-corrected chi connectivity index (χ3v) is 3.05. The van der Waals surface area contributed by atoms with E-state index in [0.717, 1.165) is 12.6 Å². The summed E-state index contributed by atoms with van der Waals surface area (Å²) in [5, 5.41) is 6.44. The molecule has 0 saturated carbocycles. The zero-order valence-corrected chi connectivity index (χ0v) is 7.47. The minimum atomic E-state index is 0.0952. The molecule has 0 aliphatic carbocycles. The van der Waals surface area contributed by atoms with E-state index in [2.05, 4.69) is 10.6 Å². The number of hydrogen-bond donors (Lipinski definition) is 2. The predicted molar refractivity (Wildman–Crippen MR) is 46.7 cm³/mol. The van der Waals surface area contributed by atoms with E-state index in [9.17, 15) is 4.79 Å². The van der Waals surface area contributed by atoms with Gasteiger partial charge in [-0.2, -0.15) is 0 Å². The molecular weight excluding hydrogens is 152 g/mol. The summed E-state index contributed by atoms with van der Waals surface area (Å²) >= 11 is 0. The summed E-state index contributed by atoms with van der Waals surface area (Å²) in [4.78, 5) is 10.7. The maximum Gasteiger partial charge on any atom is 0.216 e. The summed E-state index contributed by atoms with van der Waals surface area (Å²) in [7, 11) is 0. The molecule has 2 aliphatic rings. The van der Waals surface area contributed by atoms with Crippen molar-refractivity contribution in [2.24, 2.45) is 5.92 Å². The van der Waals surface area contributed by atoms with Gasteiger partial charge in [-0.05, 0) is 25.2 Å². The fourth-order valence-corrected chi connectivity index (χ4v) is 2.44. The molecule has 3 heteroatoms. The van der Waals surface area contributed by atoms with Crippen LogP contribution in [-0.4, -0.2) is 24.5 Å². The Morgan fingerprint density at radius 3 is 2.92 bits per heavy atom. The van der Waals surface area contributed by atoms with Crippen molar-refractivity contribution in [1.29, 1.82) is 0 Å². The molecule has 3 unspecified atom stereocenters. The van der Waals surface area contributed by atoms with E-state index in [4.69, 9.17) is 0 Å². The average Bonchev–Trinajstić information content (AvgIpc) is 2.60. The third-order valence-electron chi connectivity index (χ3n) is 3.05. The third kappa shape index (κ3) is 1.46. The Bertz CT molecular complexity index is 193. The minimum Gasteiger partial charge on any atom is -0.356 e. The first-order valence-corrected chi connectivity index (χ1v) is 4.76. The lowest BCUT2D eigenvalue weighted by atomic mass is 9.89. The molecule has 0 aromatic carbocycles. The first kappa shape index (κ1) is 8.05. The zero-order valence-electron chi connectivity index (χ0n) is 7.47. The highest BCUT2D eigenvalue weighted by atomic mass is 16.1. The van der Waals surface area contributed by atoms with Crippen molar-refractivity contribution in [1.82, 2.24) is 10.6 Å². The fraction of sp³-hybridized carbons (Fsp3) is 0.889. The molecule has 1 amide bonds. The highest BCUT2D eigenvalue weighted by Gasteiger charge is 2.38. The normalized spacial score (nSPS) is 38.6. The lowest BCUT2D eigenvalue weighted by Crippen LogP contribution is -2.33. The van der Waals surface area contributed by atoms with Crippen LogP contribution in [0.5, 0.6) is 0 Å². The molecule has 0 spiro atoms. The zero-order chi connectivity index (χ0) is 8.55. The van der Waals surface area contributed by atoms with E-state index in [-0.39, 0.29) is 5.91 Å². The van der Waals surface area contributed by atoms with Crippen molar-refractivity contribution in [3.63, 3.8) is 0 Å². The number of carbonyl (C=O) groups excluding carboxylic acids is 1. The van der Waals surface area contributed by atoms with Gasteiger partial charge >= 0.3 is 0 Å². The Morgan fingerprint density at radius 2 is 2.42 bits per heavy atom. The summed E-state index contributed by atoms with van der Waals surface area (Å²) in [6, 6.07) is 1.43. The second kappa shape index (κ2) is 3.05. The lowest BCUT2D eigenvalue weighted by Gasteiger charge is -2.19. The Hall–Kier alpha value is -0.570. The van der Waals surface area contributed by atoms with E-state index in [1.807, 2.05) is 0 Å². The smallest absolute Gasteiger partial charge is 0.216 e. The molecule has 3 atom stereocenters. The van der Waals surface area contributed by atoms with Crippen LogP contribution in [0.25, 0.3) is 0 Å². The van der Waals surface area contributed by atoms with Crippen molar-refractivity contribution >= 4 is 5.91 Å². The van der Waals surface area contributed by atoms with Gasteiger partial charge in [-0.3, -0.25) is 4.79 Å². The Kier molecular flexibility index (Phi) is 2.05. The van der Waals surface area contributed by atoms with E-state index >= 15 is 0 Å². The van der Waals surface area contributed by atoms with Crippen LogP contribution in [-0.2, 0) is 4.79 Å². The number of carbonyl (C=O) groups is 1. The molecule has 2 fully saturated rings. The molecule has 2 rings (SSSR count). The second-order valence-electron chi connectivity index (χ2n) is 3.98. The van der Waals surface area contributed by atoms with Gasteiger partial charge in [0.15, 0.2) is 0 Å². The van der Waals surface area contributed by atoms with Crippen molar-refractivity contribution in [2.45, 2.75) is 38.3 Å². The number of nitrogens with one attached hydrogen (secondary N) is 2.